The average Bonchev–Trinajstić information content (AvgIpc) is 2.98. The minimum atomic E-state index is -0.282. The van der Waals surface area contributed by atoms with Gasteiger partial charge >= 0.3 is 0 Å². The van der Waals surface area contributed by atoms with Crippen LogP contribution in [0.15, 0.2) is 61.2 Å². The van der Waals surface area contributed by atoms with Gasteiger partial charge < -0.3 is 10.6 Å². The summed E-state index contributed by atoms with van der Waals surface area (Å²) in [6, 6.07) is 9.93. The van der Waals surface area contributed by atoms with E-state index in [2.05, 4.69) is 25.7 Å². The number of hydrogen-bond acceptors (Lipinski definition) is 5. The number of aromatic nitrogens is 5. The van der Waals surface area contributed by atoms with Gasteiger partial charge in [0.1, 0.15) is 24.4 Å². The van der Waals surface area contributed by atoms with Gasteiger partial charge in [-0.2, -0.15) is 4.98 Å². The number of nitrogens with one attached hydrogen (secondary N) is 2. The molecule has 0 unspecified atom stereocenters. The molecule has 0 spiro atoms. The number of aryl methyl sites for hydroxylation is 1. The lowest BCUT2D eigenvalue weighted by Gasteiger charge is -2.04. The first kappa shape index (κ1) is 15.0. The van der Waals surface area contributed by atoms with Gasteiger partial charge in [0.25, 0.3) is 0 Å². The molecule has 2 N–H and O–H groups in total. The fourth-order valence-corrected chi connectivity index (χ4v) is 2.38. The zero-order chi connectivity index (χ0) is 17.2. The lowest BCUT2D eigenvalue weighted by Crippen LogP contribution is -2.26. The first-order valence-electron chi connectivity index (χ1n) is 7.63. The van der Waals surface area contributed by atoms with Crippen molar-refractivity contribution >= 4 is 28.8 Å². The molecule has 0 bridgehead atoms. The zero-order valence-electron chi connectivity index (χ0n) is 13.4. The van der Waals surface area contributed by atoms with Crippen LogP contribution < -0.4 is 15.2 Å². The minimum absolute atomic E-state index is 0.282. The maximum absolute atomic E-state index is 13.0. The highest BCUT2D eigenvalue weighted by molar-refractivity contribution is 5.58. The highest BCUT2D eigenvalue weighted by Gasteiger charge is 2.07. The quantitative estimate of drug-likeness (QED) is 0.561. The number of benzene rings is 1. The molecule has 7 nitrogen and oxygen atoms in total. The van der Waals surface area contributed by atoms with Crippen molar-refractivity contribution < 1.29 is 8.96 Å². The van der Waals surface area contributed by atoms with Crippen LogP contribution in [0.3, 0.4) is 0 Å². The Morgan fingerprint density at radius 3 is 2.72 bits per heavy atom. The van der Waals surface area contributed by atoms with Crippen LogP contribution in [0, 0.1) is 5.82 Å². The standard InChI is InChI=1S/C17H15FN7/c1-24-8-2-3-14(10-24)21-17-22-16-9-19-15(11-25(16)23-17)20-13-6-4-12(18)5-7-13/h2-11,20H,1H3,(H,21,23)/q+1. The number of fused-ring (bicyclic) bond motifs is 1. The van der Waals surface area contributed by atoms with Crippen molar-refractivity contribution in [1.29, 1.82) is 0 Å². The van der Waals surface area contributed by atoms with Gasteiger partial charge in [-0.1, -0.05) is 0 Å². The molecule has 0 aliphatic heterocycles. The predicted octanol–water partition coefficient (Wildman–Crippen LogP) is 2.58. The molecule has 0 saturated heterocycles. The van der Waals surface area contributed by atoms with Crippen molar-refractivity contribution in [2.45, 2.75) is 0 Å². The number of nitrogens with zero attached hydrogens (tertiary/aromatic N) is 5. The Kier molecular flexibility index (Phi) is 3.70. The molecule has 124 valence electrons. The zero-order valence-corrected chi connectivity index (χ0v) is 13.4. The average molecular weight is 336 g/mol. The van der Waals surface area contributed by atoms with Gasteiger partial charge in [-0.05, 0) is 30.3 Å². The van der Waals surface area contributed by atoms with Gasteiger partial charge in [-0.3, -0.25) is 0 Å². The molecule has 1 aromatic carbocycles. The number of pyridine rings is 1. The van der Waals surface area contributed by atoms with Crippen molar-refractivity contribution in [3.8, 4) is 0 Å². The van der Waals surface area contributed by atoms with Crippen LogP contribution in [0.5, 0.6) is 0 Å². The van der Waals surface area contributed by atoms with E-state index in [1.54, 1.807) is 29.0 Å². The number of halogens is 1. The normalized spacial score (nSPS) is 10.8. The first-order valence-corrected chi connectivity index (χ1v) is 7.63. The van der Waals surface area contributed by atoms with Crippen molar-refractivity contribution in [3.05, 3.63) is 67.0 Å². The van der Waals surface area contributed by atoms with E-state index >= 15 is 0 Å². The summed E-state index contributed by atoms with van der Waals surface area (Å²) in [5.41, 5.74) is 2.24. The van der Waals surface area contributed by atoms with Crippen LogP contribution in [0.4, 0.5) is 27.5 Å². The molecule has 8 heteroatoms. The third kappa shape index (κ3) is 3.37. The van der Waals surface area contributed by atoms with Crippen LogP contribution in [0.2, 0.25) is 0 Å². The summed E-state index contributed by atoms with van der Waals surface area (Å²) >= 11 is 0. The summed E-state index contributed by atoms with van der Waals surface area (Å²) in [4.78, 5) is 8.69. The lowest BCUT2D eigenvalue weighted by molar-refractivity contribution is -0.670. The molecular formula is C17H15FN7+. The second-order valence-electron chi connectivity index (χ2n) is 5.53. The third-order valence-electron chi connectivity index (χ3n) is 3.53. The van der Waals surface area contributed by atoms with Crippen LogP contribution in [-0.2, 0) is 7.05 Å². The summed E-state index contributed by atoms with van der Waals surface area (Å²) in [6.07, 6.45) is 7.22. The lowest BCUT2D eigenvalue weighted by atomic mass is 10.3. The highest BCUT2D eigenvalue weighted by Crippen LogP contribution is 2.16. The number of hydrogen-bond donors (Lipinski definition) is 2. The van der Waals surface area contributed by atoms with Gasteiger partial charge in [0.15, 0.2) is 18.0 Å². The molecule has 0 radical (unpaired) electrons. The van der Waals surface area contributed by atoms with Crippen LogP contribution >= 0.6 is 0 Å². The summed E-state index contributed by atoms with van der Waals surface area (Å²) in [7, 11) is 1.94. The molecule has 4 rings (SSSR count). The monoisotopic (exact) mass is 336 g/mol. The summed E-state index contributed by atoms with van der Waals surface area (Å²) in [6.45, 7) is 0. The second kappa shape index (κ2) is 6.16. The maximum Gasteiger partial charge on any atom is 0.247 e. The number of anilines is 4. The van der Waals surface area contributed by atoms with Gasteiger partial charge in [0, 0.05) is 11.8 Å². The fraction of sp³-hybridized carbons (Fsp3) is 0.0588. The Morgan fingerprint density at radius 1 is 1.08 bits per heavy atom. The van der Waals surface area contributed by atoms with E-state index in [1.165, 1.54) is 12.1 Å². The molecule has 0 saturated carbocycles. The topological polar surface area (TPSA) is 71.0 Å². The van der Waals surface area contributed by atoms with E-state index in [0.717, 1.165) is 11.4 Å². The van der Waals surface area contributed by atoms with E-state index in [1.807, 2.05) is 36.1 Å². The van der Waals surface area contributed by atoms with Gasteiger partial charge in [-0.25, -0.2) is 18.5 Å². The van der Waals surface area contributed by atoms with E-state index in [9.17, 15) is 4.39 Å². The van der Waals surface area contributed by atoms with Crippen molar-refractivity contribution in [3.63, 3.8) is 0 Å². The van der Waals surface area contributed by atoms with Gasteiger partial charge in [0.2, 0.25) is 5.95 Å². The van der Waals surface area contributed by atoms with Crippen molar-refractivity contribution in [1.82, 2.24) is 19.6 Å². The Morgan fingerprint density at radius 2 is 1.92 bits per heavy atom. The molecule has 3 aromatic heterocycles. The van der Waals surface area contributed by atoms with E-state index < -0.39 is 0 Å². The molecule has 25 heavy (non-hydrogen) atoms. The molecule has 0 aliphatic carbocycles. The smallest absolute Gasteiger partial charge is 0.247 e. The van der Waals surface area contributed by atoms with Crippen molar-refractivity contribution in [2.24, 2.45) is 7.05 Å². The van der Waals surface area contributed by atoms with Crippen LogP contribution in [-0.4, -0.2) is 19.6 Å². The van der Waals surface area contributed by atoms with Crippen LogP contribution in [0.25, 0.3) is 5.65 Å². The maximum atomic E-state index is 13.0. The Balaban J connectivity index is 1.57. The van der Waals surface area contributed by atoms with E-state index in [4.69, 9.17) is 0 Å². The van der Waals surface area contributed by atoms with Crippen molar-refractivity contribution in [2.75, 3.05) is 10.6 Å². The molecule has 0 fully saturated rings. The molecule has 4 aromatic rings. The fourth-order valence-electron chi connectivity index (χ4n) is 2.38. The summed E-state index contributed by atoms with van der Waals surface area (Å²) in [5.74, 6) is 0.781. The van der Waals surface area contributed by atoms with Gasteiger partial charge in [0.05, 0.1) is 12.4 Å². The molecule has 0 atom stereocenters. The van der Waals surface area contributed by atoms with Gasteiger partial charge in [-0.15, -0.1) is 5.10 Å². The van der Waals surface area contributed by atoms with E-state index in [-0.39, 0.29) is 5.82 Å². The Hall–Kier alpha value is -3.55. The molecule has 3 heterocycles. The molecular weight excluding hydrogens is 321 g/mol. The Bertz CT molecular complexity index is 1030. The SMILES string of the molecule is C[n+]1cccc(Nc2nc3cnc(Nc4ccc(F)cc4)cn3n2)c1. The van der Waals surface area contributed by atoms with Crippen LogP contribution in [0.1, 0.15) is 0 Å². The minimum Gasteiger partial charge on any atom is -0.339 e. The third-order valence-corrected chi connectivity index (χ3v) is 3.53. The molecule has 0 aliphatic rings. The van der Waals surface area contributed by atoms with E-state index in [0.29, 0.717) is 17.4 Å². The highest BCUT2D eigenvalue weighted by atomic mass is 19.1. The largest absolute Gasteiger partial charge is 0.339 e. The summed E-state index contributed by atoms with van der Waals surface area (Å²) in [5, 5.41) is 10.7. The first-order chi connectivity index (χ1) is 12.2. The number of rotatable bonds is 4. The summed E-state index contributed by atoms with van der Waals surface area (Å²) < 4.78 is 16.5. The Labute approximate surface area is 142 Å². The second-order valence-corrected chi connectivity index (χ2v) is 5.53. The predicted molar refractivity (Wildman–Crippen MR) is 91.4 cm³/mol. The molecule has 0 amide bonds.